The fourth-order valence-corrected chi connectivity index (χ4v) is 0.951. The highest BCUT2D eigenvalue weighted by Gasteiger charge is 2.28. The molecule has 2 amide bonds. The number of alkyl halides is 3. The third-order valence-electron chi connectivity index (χ3n) is 1.74. The maximum atomic E-state index is 11.8. The van der Waals surface area contributed by atoms with Crippen LogP contribution in [0, 0.1) is 0 Å². The van der Waals surface area contributed by atoms with Crippen molar-refractivity contribution in [1.29, 1.82) is 0 Å². The molecule has 7 heteroatoms. The standard InChI is InChI=1S/C9H10F3N3O/c1-15(7-4-2-3-5-13-7)8(16)14-6-9(10,11)12/h2-5H,6H2,1H3,(H,14,16). The molecule has 1 aromatic rings. The highest BCUT2D eigenvalue weighted by molar-refractivity contribution is 5.90. The van der Waals surface area contributed by atoms with Gasteiger partial charge in [-0.1, -0.05) is 6.07 Å². The van der Waals surface area contributed by atoms with E-state index in [2.05, 4.69) is 4.98 Å². The van der Waals surface area contributed by atoms with Crippen LogP contribution < -0.4 is 10.2 Å². The van der Waals surface area contributed by atoms with Gasteiger partial charge in [-0.3, -0.25) is 4.90 Å². The molecule has 0 spiro atoms. The number of nitrogens with one attached hydrogen (secondary N) is 1. The molecule has 0 radical (unpaired) electrons. The molecule has 0 bridgehead atoms. The smallest absolute Gasteiger partial charge is 0.329 e. The molecule has 0 aromatic carbocycles. The lowest BCUT2D eigenvalue weighted by Crippen LogP contribution is -2.42. The number of carbonyl (C=O) groups is 1. The Bertz CT molecular complexity index is 353. The van der Waals surface area contributed by atoms with Crippen LogP contribution in [-0.2, 0) is 0 Å². The molecule has 88 valence electrons. The Morgan fingerprint density at radius 3 is 2.69 bits per heavy atom. The van der Waals surface area contributed by atoms with E-state index in [-0.39, 0.29) is 5.82 Å². The van der Waals surface area contributed by atoms with Crippen molar-refractivity contribution < 1.29 is 18.0 Å². The Hall–Kier alpha value is -1.79. The first-order chi connectivity index (χ1) is 7.40. The van der Waals surface area contributed by atoms with Crippen LogP contribution in [0.4, 0.5) is 23.8 Å². The fraction of sp³-hybridized carbons (Fsp3) is 0.333. The van der Waals surface area contributed by atoms with Crippen LogP contribution in [0.2, 0.25) is 0 Å². The highest BCUT2D eigenvalue weighted by atomic mass is 19.4. The SMILES string of the molecule is CN(C(=O)NCC(F)(F)F)c1ccccn1. The van der Waals surface area contributed by atoms with Gasteiger partial charge < -0.3 is 5.32 Å². The highest BCUT2D eigenvalue weighted by Crippen LogP contribution is 2.13. The number of halogens is 3. The van der Waals surface area contributed by atoms with Crippen molar-refractivity contribution in [1.82, 2.24) is 10.3 Å². The number of hydrogen-bond acceptors (Lipinski definition) is 2. The normalized spacial score (nSPS) is 11.0. The van der Waals surface area contributed by atoms with E-state index in [4.69, 9.17) is 0 Å². The summed E-state index contributed by atoms with van der Waals surface area (Å²) in [5.74, 6) is 0.280. The maximum Gasteiger partial charge on any atom is 0.405 e. The summed E-state index contributed by atoms with van der Waals surface area (Å²) < 4.78 is 35.5. The Balaban J connectivity index is 2.55. The van der Waals surface area contributed by atoms with Crippen molar-refractivity contribution in [3.63, 3.8) is 0 Å². The van der Waals surface area contributed by atoms with Crippen molar-refractivity contribution >= 4 is 11.8 Å². The zero-order valence-corrected chi connectivity index (χ0v) is 8.45. The molecular weight excluding hydrogens is 223 g/mol. The van der Waals surface area contributed by atoms with Crippen LogP contribution in [0.25, 0.3) is 0 Å². The van der Waals surface area contributed by atoms with Gasteiger partial charge in [0.1, 0.15) is 12.4 Å². The molecule has 0 atom stereocenters. The lowest BCUT2D eigenvalue weighted by molar-refractivity contribution is -0.122. The summed E-state index contributed by atoms with van der Waals surface area (Å²) in [7, 11) is 1.34. The van der Waals surface area contributed by atoms with E-state index >= 15 is 0 Å². The Morgan fingerprint density at radius 2 is 2.19 bits per heavy atom. The maximum absolute atomic E-state index is 11.8. The number of rotatable bonds is 2. The molecule has 1 aromatic heterocycles. The number of pyridine rings is 1. The van der Waals surface area contributed by atoms with Gasteiger partial charge in [-0.25, -0.2) is 9.78 Å². The van der Waals surface area contributed by atoms with Gasteiger partial charge in [0.05, 0.1) is 0 Å². The van der Waals surface area contributed by atoms with Gasteiger partial charge in [0, 0.05) is 13.2 Å². The minimum absolute atomic E-state index is 0.280. The number of carbonyl (C=O) groups excluding carboxylic acids is 1. The summed E-state index contributed by atoms with van der Waals surface area (Å²) in [5.41, 5.74) is 0. The molecule has 0 fully saturated rings. The first kappa shape index (κ1) is 12.3. The van der Waals surface area contributed by atoms with E-state index < -0.39 is 18.8 Å². The molecule has 0 aliphatic heterocycles. The number of aromatic nitrogens is 1. The summed E-state index contributed by atoms with van der Waals surface area (Å²) in [6, 6.07) is 3.95. The van der Waals surface area contributed by atoms with Gasteiger partial charge >= 0.3 is 12.2 Å². The minimum Gasteiger partial charge on any atom is -0.329 e. The van der Waals surface area contributed by atoms with Crippen molar-refractivity contribution in [2.75, 3.05) is 18.5 Å². The van der Waals surface area contributed by atoms with Crippen LogP contribution in [-0.4, -0.2) is 30.8 Å². The Kier molecular flexibility index (Phi) is 3.70. The molecule has 1 rings (SSSR count). The summed E-state index contributed by atoms with van der Waals surface area (Å²) in [4.78, 5) is 16.1. The van der Waals surface area contributed by atoms with E-state index in [9.17, 15) is 18.0 Å². The molecule has 4 nitrogen and oxygen atoms in total. The van der Waals surface area contributed by atoms with Gasteiger partial charge in [-0.2, -0.15) is 13.2 Å². The van der Waals surface area contributed by atoms with E-state index in [0.29, 0.717) is 0 Å². The topological polar surface area (TPSA) is 45.2 Å². The predicted molar refractivity (Wildman–Crippen MR) is 52.1 cm³/mol. The number of urea groups is 1. The molecule has 0 aliphatic rings. The monoisotopic (exact) mass is 233 g/mol. The number of anilines is 1. The molecule has 16 heavy (non-hydrogen) atoms. The van der Waals surface area contributed by atoms with Crippen molar-refractivity contribution in [2.45, 2.75) is 6.18 Å². The van der Waals surface area contributed by atoms with E-state index in [1.807, 2.05) is 0 Å². The predicted octanol–water partition coefficient (Wildman–Crippen LogP) is 1.79. The fourth-order valence-electron chi connectivity index (χ4n) is 0.951. The number of hydrogen-bond donors (Lipinski definition) is 1. The van der Waals surface area contributed by atoms with Crippen LogP contribution in [0.5, 0.6) is 0 Å². The first-order valence-electron chi connectivity index (χ1n) is 4.39. The lowest BCUT2D eigenvalue weighted by atomic mass is 10.4. The lowest BCUT2D eigenvalue weighted by Gasteiger charge is -2.17. The van der Waals surface area contributed by atoms with Crippen LogP contribution in [0.3, 0.4) is 0 Å². The van der Waals surface area contributed by atoms with Gasteiger partial charge in [0.2, 0.25) is 0 Å². The van der Waals surface area contributed by atoms with Crippen LogP contribution in [0.15, 0.2) is 24.4 Å². The first-order valence-corrected chi connectivity index (χ1v) is 4.39. The second-order valence-corrected chi connectivity index (χ2v) is 3.02. The van der Waals surface area contributed by atoms with Gasteiger partial charge in [-0.15, -0.1) is 0 Å². The summed E-state index contributed by atoms with van der Waals surface area (Å²) in [5, 5.41) is 1.74. The van der Waals surface area contributed by atoms with Gasteiger partial charge in [0.25, 0.3) is 0 Å². The van der Waals surface area contributed by atoms with Crippen molar-refractivity contribution in [2.24, 2.45) is 0 Å². The summed E-state index contributed by atoms with van der Waals surface area (Å²) >= 11 is 0. The zero-order chi connectivity index (χ0) is 12.2. The average molecular weight is 233 g/mol. The Morgan fingerprint density at radius 1 is 1.50 bits per heavy atom. The molecule has 0 unspecified atom stereocenters. The number of nitrogens with zero attached hydrogens (tertiary/aromatic N) is 2. The van der Waals surface area contributed by atoms with Crippen molar-refractivity contribution in [3.8, 4) is 0 Å². The quantitative estimate of drug-likeness (QED) is 0.846. The van der Waals surface area contributed by atoms with Crippen LogP contribution in [0.1, 0.15) is 0 Å². The van der Waals surface area contributed by atoms with E-state index in [1.54, 1.807) is 17.4 Å². The second kappa shape index (κ2) is 4.82. The van der Waals surface area contributed by atoms with E-state index in [0.717, 1.165) is 4.90 Å². The molecular formula is C9H10F3N3O. The average Bonchev–Trinajstić information content (AvgIpc) is 2.25. The molecule has 0 saturated carbocycles. The van der Waals surface area contributed by atoms with Crippen molar-refractivity contribution in [3.05, 3.63) is 24.4 Å². The summed E-state index contributed by atoms with van der Waals surface area (Å²) in [6.45, 7) is -1.36. The minimum atomic E-state index is -4.42. The Labute approximate surface area is 90.1 Å². The third kappa shape index (κ3) is 3.76. The molecule has 1 heterocycles. The third-order valence-corrected chi connectivity index (χ3v) is 1.74. The largest absolute Gasteiger partial charge is 0.405 e. The summed E-state index contributed by atoms with van der Waals surface area (Å²) in [6.07, 6.45) is -2.97. The second-order valence-electron chi connectivity index (χ2n) is 3.02. The number of amides is 2. The molecule has 1 N–H and O–H groups in total. The van der Waals surface area contributed by atoms with E-state index in [1.165, 1.54) is 19.3 Å². The molecule has 0 saturated heterocycles. The van der Waals surface area contributed by atoms with Gasteiger partial charge in [-0.05, 0) is 12.1 Å². The van der Waals surface area contributed by atoms with Crippen LogP contribution >= 0.6 is 0 Å². The molecule has 0 aliphatic carbocycles. The zero-order valence-electron chi connectivity index (χ0n) is 8.45. The van der Waals surface area contributed by atoms with Gasteiger partial charge in [0.15, 0.2) is 0 Å².